The standard InChI is InChI=1S/C4H7O2.2Li/c1-3(2)4(5)6;;/h1-2H3,(H,5,6);;/q;;+1/p-1. The first-order chi connectivity index (χ1) is 2.94. The first-order valence-electron chi connectivity index (χ1n) is 2.16. The molecule has 2 nitrogen and oxygen atoms in total. The van der Waals surface area contributed by atoms with Crippen molar-refractivity contribution in [3.63, 3.8) is 0 Å². The Morgan fingerprint density at radius 2 is 1.75 bits per heavy atom. The van der Waals surface area contributed by atoms with Crippen LogP contribution in [0.2, 0.25) is 4.09 Å². The van der Waals surface area contributed by atoms with Crippen LogP contribution in [0.5, 0.6) is 0 Å². The predicted molar refractivity (Wildman–Crippen MR) is 24.8 cm³/mol. The van der Waals surface area contributed by atoms with Crippen LogP contribution in [-0.4, -0.2) is 23.7 Å². The third-order valence-electron chi connectivity index (χ3n) is 0.612. The molecule has 0 radical (unpaired) electrons. The van der Waals surface area contributed by atoms with Gasteiger partial charge in [0.05, 0.1) is 0 Å². The number of rotatable bonds is 1. The van der Waals surface area contributed by atoms with Crippen LogP contribution in [0.1, 0.15) is 13.8 Å². The van der Waals surface area contributed by atoms with Crippen LogP contribution in [0.4, 0.5) is 0 Å². The summed E-state index contributed by atoms with van der Waals surface area (Å²) in [4.78, 5) is 9.91. The number of carbonyl (C=O) groups is 1. The van der Waals surface area contributed by atoms with Crippen molar-refractivity contribution in [3.05, 3.63) is 0 Å². The Morgan fingerprint density at radius 3 is 1.75 bits per heavy atom. The van der Waals surface area contributed by atoms with Crippen molar-refractivity contribution in [2.75, 3.05) is 0 Å². The molecule has 0 saturated heterocycles. The van der Waals surface area contributed by atoms with Gasteiger partial charge in [-0.3, -0.25) is 0 Å². The zero-order valence-electron chi connectivity index (χ0n) is 5.82. The minimum absolute atomic E-state index is 0. The number of aliphatic carboxylic acids is 1. The van der Waals surface area contributed by atoms with E-state index in [0.717, 1.165) is 0 Å². The molecule has 0 aliphatic carbocycles. The Bertz CT molecular complexity index is 84.5. The fourth-order valence-corrected chi connectivity index (χ4v) is 0. The van der Waals surface area contributed by atoms with E-state index in [0.29, 0.717) is 0 Å². The quantitative estimate of drug-likeness (QED) is 0.316. The average Bonchev–Trinajstić information content (AvgIpc) is 1.31. The zero-order valence-corrected chi connectivity index (χ0v) is 5.82. The molecule has 4 heteroatoms. The van der Waals surface area contributed by atoms with Gasteiger partial charge in [0, 0.05) is 0 Å². The number of hydrogen-bond donors (Lipinski definition) is 0. The monoisotopic (exact) mass is 100 g/mol. The normalized spacial score (nSPS) is 10.0. The van der Waals surface area contributed by atoms with Crippen LogP contribution >= 0.6 is 0 Å². The molecule has 0 bridgehead atoms. The molecule has 0 aliphatic heterocycles. The average molecular weight is 100.0 g/mol. The number of carboxylic acid groups (broad SMARTS) is 1. The summed E-state index contributed by atoms with van der Waals surface area (Å²) in [6, 6.07) is 0. The van der Waals surface area contributed by atoms with Gasteiger partial charge in [0.1, 0.15) is 0 Å². The van der Waals surface area contributed by atoms with Gasteiger partial charge in [0.25, 0.3) is 0 Å². The van der Waals surface area contributed by atoms with Crippen molar-refractivity contribution in [1.82, 2.24) is 0 Å². The van der Waals surface area contributed by atoms with Crippen molar-refractivity contribution in [3.8, 4) is 0 Å². The van der Waals surface area contributed by atoms with Crippen LogP contribution in [0.3, 0.4) is 0 Å². The van der Waals surface area contributed by atoms with Crippen LogP contribution < -0.4 is 24.0 Å². The Kier molecular flexibility index (Phi) is 5.22. The van der Waals surface area contributed by atoms with E-state index in [4.69, 9.17) is 0 Å². The minimum atomic E-state index is -1.01. The fraction of sp³-hybridized carbons (Fsp3) is 0.750. The Morgan fingerprint density at radius 1 is 1.62 bits per heavy atom. The molecule has 8 heavy (non-hydrogen) atoms. The van der Waals surface area contributed by atoms with Crippen LogP contribution in [0.25, 0.3) is 0 Å². The molecule has 0 heterocycles. The summed E-state index contributed by atoms with van der Waals surface area (Å²) >= 11 is 1.60. The van der Waals surface area contributed by atoms with Crippen molar-refractivity contribution >= 4 is 23.7 Å². The molecule has 0 rings (SSSR count). The molecular formula is C4H6Li2O2. The molecule has 0 aromatic rings. The van der Waals surface area contributed by atoms with Crippen molar-refractivity contribution in [2.24, 2.45) is 0 Å². The summed E-state index contributed by atoms with van der Waals surface area (Å²) in [6.07, 6.45) is 0. The SMILES string of the molecule is [Li+].[Li][C](C)(C)C(=O)[O-]. The van der Waals surface area contributed by atoms with Crippen LogP contribution in [0.15, 0.2) is 0 Å². The molecule has 0 aromatic carbocycles. The van der Waals surface area contributed by atoms with Gasteiger partial charge in [-0.2, -0.15) is 0 Å². The van der Waals surface area contributed by atoms with E-state index in [1.165, 1.54) is 0 Å². The fourth-order valence-electron chi connectivity index (χ4n) is 0. The molecule has 0 unspecified atom stereocenters. The Hall–Kier alpha value is 0.665. The summed E-state index contributed by atoms with van der Waals surface area (Å²) in [5, 5.41) is 9.91. The maximum absolute atomic E-state index is 9.91. The summed E-state index contributed by atoms with van der Waals surface area (Å²) in [5.41, 5.74) is 0. The summed E-state index contributed by atoms with van der Waals surface area (Å²) in [5.74, 6) is -1.01. The van der Waals surface area contributed by atoms with Gasteiger partial charge in [0.2, 0.25) is 0 Å². The summed E-state index contributed by atoms with van der Waals surface area (Å²) in [6.45, 7) is 3.20. The Balaban J connectivity index is 0. The topological polar surface area (TPSA) is 40.1 Å². The third-order valence-corrected chi connectivity index (χ3v) is 0.612. The molecular weight excluding hydrogens is 93.9 g/mol. The van der Waals surface area contributed by atoms with E-state index < -0.39 is 10.1 Å². The molecule has 36 valence electrons. The second kappa shape index (κ2) is 3.64. The van der Waals surface area contributed by atoms with Crippen molar-refractivity contribution in [2.45, 2.75) is 17.9 Å². The first kappa shape index (κ1) is 11.5. The summed E-state index contributed by atoms with van der Waals surface area (Å²) in [7, 11) is 0. The van der Waals surface area contributed by atoms with Gasteiger partial charge >= 0.3 is 70.4 Å². The predicted octanol–water partition coefficient (Wildman–Crippen LogP) is -3.89. The molecule has 0 aromatic heterocycles. The van der Waals surface area contributed by atoms with E-state index >= 15 is 0 Å². The van der Waals surface area contributed by atoms with E-state index in [2.05, 4.69) is 0 Å². The molecule has 0 fully saturated rings. The van der Waals surface area contributed by atoms with E-state index in [-0.39, 0.29) is 18.9 Å². The van der Waals surface area contributed by atoms with Crippen LogP contribution in [0, 0.1) is 0 Å². The molecule has 0 atom stereocenters. The van der Waals surface area contributed by atoms with Crippen molar-refractivity contribution < 1.29 is 28.8 Å². The number of carboxylic acids is 1. The zero-order chi connectivity index (χ0) is 6.08. The molecule has 0 saturated carbocycles. The molecule has 0 aliphatic rings. The molecule has 0 N–H and O–H groups in total. The van der Waals surface area contributed by atoms with E-state index in [9.17, 15) is 9.90 Å². The van der Waals surface area contributed by atoms with Gasteiger partial charge in [-0.05, 0) is 0 Å². The molecule has 0 spiro atoms. The Labute approximate surface area is 70.4 Å². The first-order valence-corrected chi connectivity index (χ1v) is 2.16. The maximum atomic E-state index is 9.91. The van der Waals surface area contributed by atoms with Crippen molar-refractivity contribution in [1.29, 1.82) is 0 Å². The van der Waals surface area contributed by atoms with Gasteiger partial charge < -0.3 is 0 Å². The van der Waals surface area contributed by atoms with Gasteiger partial charge in [-0.25, -0.2) is 0 Å². The van der Waals surface area contributed by atoms with Gasteiger partial charge in [-0.1, -0.05) is 0 Å². The third kappa shape index (κ3) is 4.81. The number of carbonyl (C=O) groups excluding carboxylic acids is 1. The van der Waals surface area contributed by atoms with E-state index in [1.807, 2.05) is 0 Å². The number of hydrogen-bond acceptors (Lipinski definition) is 2. The second-order valence-corrected chi connectivity index (χ2v) is 2.54. The van der Waals surface area contributed by atoms with Gasteiger partial charge in [-0.15, -0.1) is 0 Å². The van der Waals surface area contributed by atoms with Gasteiger partial charge in [0.15, 0.2) is 0 Å². The van der Waals surface area contributed by atoms with E-state index in [1.54, 1.807) is 31.6 Å². The van der Waals surface area contributed by atoms with Crippen LogP contribution in [-0.2, 0) is 4.79 Å². The molecule has 0 amide bonds. The summed E-state index contributed by atoms with van der Waals surface area (Å²) < 4.78 is -0.694. The second-order valence-electron chi connectivity index (χ2n) is 2.54.